The van der Waals surface area contributed by atoms with Crippen LogP contribution in [0.5, 0.6) is 5.75 Å². The molecule has 1 fully saturated rings. The van der Waals surface area contributed by atoms with Gasteiger partial charge in [0.05, 0.1) is 0 Å². The first-order valence-corrected chi connectivity index (χ1v) is 7.29. The predicted molar refractivity (Wildman–Crippen MR) is 82.8 cm³/mol. The molecule has 0 aromatic heterocycles. The van der Waals surface area contributed by atoms with Crippen LogP contribution in [0.2, 0.25) is 0 Å². The van der Waals surface area contributed by atoms with Crippen molar-refractivity contribution in [2.24, 2.45) is 11.7 Å². The van der Waals surface area contributed by atoms with Gasteiger partial charge in [0.2, 0.25) is 0 Å². The van der Waals surface area contributed by atoms with Gasteiger partial charge in [0.1, 0.15) is 5.75 Å². The zero-order valence-corrected chi connectivity index (χ0v) is 13.1. The predicted octanol–water partition coefficient (Wildman–Crippen LogP) is 1.71. The molecule has 0 spiro atoms. The zero-order chi connectivity index (χ0) is 14.9. The van der Waals surface area contributed by atoms with Crippen molar-refractivity contribution in [3.8, 4) is 5.75 Å². The van der Waals surface area contributed by atoms with Crippen LogP contribution in [-0.4, -0.2) is 49.1 Å². The van der Waals surface area contributed by atoms with E-state index in [-0.39, 0.29) is 6.04 Å². The molecule has 2 atom stereocenters. The molecular formula is C16H27N3O. The van der Waals surface area contributed by atoms with E-state index in [0.29, 0.717) is 11.7 Å². The Bertz CT molecular complexity index is 473. The number of aryl methyl sites for hydroxylation is 1. The van der Waals surface area contributed by atoms with Crippen LogP contribution in [0.25, 0.3) is 0 Å². The van der Waals surface area contributed by atoms with E-state index in [0.717, 1.165) is 37.2 Å². The minimum Gasteiger partial charge on any atom is -0.507 e. The van der Waals surface area contributed by atoms with Crippen LogP contribution in [-0.2, 0) is 6.54 Å². The maximum Gasteiger partial charge on any atom is 0.124 e. The number of hydrogen-bond acceptors (Lipinski definition) is 4. The van der Waals surface area contributed by atoms with Crippen LogP contribution >= 0.6 is 0 Å². The van der Waals surface area contributed by atoms with Crippen LogP contribution in [0.1, 0.15) is 29.2 Å². The van der Waals surface area contributed by atoms with Crippen molar-refractivity contribution in [1.29, 1.82) is 0 Å². The van der Waals surface area contributed by atoms with Gasteiger partial charge in [-0.25, -0.2) is 0 Å². The van der Waals surface area contributed by atoms with E-state index in [9.17, 15) is 5.11 Å². The second-order valence-electron chi connectivity index (χ2n) is 6.39. The molecule has 0 bridgehead atoms. The van der Waals surface area contributed by atoms with Gasteiger partial charge in [-0.15, -0.1) is 0 Å². The highest BCUT2D eigenvalue weighted by atomic mass is 16.3. The highest BCUT2D eigenvalue weighted by molar-refractivity contribution is 5.45. The number of nitrogens with two attached hydrogens (primary N) is 1. The smallest absolute Gasteiger partial charge is 0.124 e. The Morgan fingerprint density at radius 2 is 2.10 bits per heavy atom. The third-order valence-electron chi connectivity index (χ3n) is 4.18. The number of aromatic hydroxyl groups is 1. The Morgan fingerprint density at radius 3 is 2.65 bits per heavy atom. The van der Waals surface area contributed by atoms with Crippen molar-refractivity contribution in [2.75, 3.05) is 34.2 Å². The van der Waals surface area contributed by atoms with Crippen LogP contribution < -0.4 is 5.73 Å². The Kier molecular flexibility index (Phi) is 4.68. The molecule has 0 saturated carbocycles. The minimum atomic E-state index is 0.282. The molecule has 1 aromatic rings. The van der Waals surface area contributed by atoms with Crippen molar-refractivity contribution in [3.63, 3.8) is 0 Å². The number of benzene rings is 1. The molecule has 4 nitrogen and oxygen atoms in total. The van der Waals surface area contributed by atoms with Crippen molar-refractivity contribution < 1.29 is 5.11 Å². The summed E-state index contributed by atoms with van der Waals surface area (Å²) in [7, 11) is 6.16. The molecule has 1 aliphatic heterocycles. The first-order chi connectivity index (χ1) is 9.42. The molecule has 20 heavy (non-hydrogen) atoms. The summed E-state index contributed by atoms with van der Waals surface area (Å²) in [6, 6.07) is 4.48. The van der Waals surface area contributed by atoms with Crippen LogP contribution in [0.15, 0.2) is 12.1 Å². The number of phenols is 1. The first-order valence-electron chi connectivity index (χ1n) is 7.29. The third-order valence-corrected chi connectivity index (χ3v) is 4.18. The monoisotopic (exact) mass is 277 g/mol. The lowest BCUT2D eigenvalue weighted by atomic mass is 9.95. The lowest BCUT2D eigenvalue weighted by molar-refractivity contribution is 0.303. The number of likely N-dealkylation sites (tertiary alicyclic amines) is 1. The fourth-order valence-electron chi connectivity index (χ4n) is 3.24. The van der Waals surface area contributed by atoms with Gasteiger partial charge in [0.25, 0.3) is 0 Å². The maximum absolute atomic E-state index is 10.6. The molecule has 1 heterocycles. The van der Waals surface area contributed by atoms with Gasteiger partial charge in [0.15, 0.2) is 0 Å². The van der Waals surface area contributed by atoms with E-state index in [1.54, 1.807) is 0 Å². The van der Waals surface area contributed by atoms with Crippen molar-refractivity contribution in [1.82, 2.24) is 9.80 Å². The van der Waals surface area contributed by atoms with Crippen LogP contribution in [0.3, 0.4) is 0 Å². The van der Waals surface area contributed by atoms with E-state index in [2.05, 4.69) is 35.9 Å². The number of nitrogens with zero attached hydrogens (tertiary/aromatic N) is 2. The first kappa shape index (κ1) is 15.3. The van der Waals surface area contributed by atoms with Crippen molar-refractivity contribution in [2.45, 2.75) is 25.9 Å². The molecule has 4 heteroatoms. The Labute approximate surface area is 122 Å². The molecule has 1 aliphatic rings. The third kappa shape index (κ3) is 3.14. The Balaban J connectivity index is 2.34. The van der Waals surface area contributed by atoms with Gasteiger partial charge in [-0.3, -0.25) is 4.90 Å². The number of phenolic OH excluding ortho intramolecular Hbond substituents is 1. The minimum absolute atomic E-state index is 0.282. The molecule has 0 radical (unpaired) electrons. The van der Waals surface area contributed by atoms with E-state index in [1.807, 2.05) is 14.1 Å². The van der Waals surface area contributed by atoms with Gasteiger partial charge in [-0.1, -0.05) is 17.7 Å². The summed E-state index contributed by atoms with van der Waals surface area (Å²) in [6.45, 7) is 4.59. The zero-order valence-electron chi connectivity index (χ0n) is 13.1. The Morgan fingerprint density at radius 1 is 1.40 bits per heavy atom. The molecule has 3 N–H and O–H groups in total. The molecule has 0 aliphatic carbocycles. The maximum atomic E-state index is 10.6. The number of rotatable bonds is 4. The van der Waals surface area contributed by atoms with E-state index in [4.69, 9.17) is 5.73 Å². The fourth-order valence-corrected chi connectivity index (χ4v) is 3.24. The largest absolute Gasteiger partial charge is 0.507 e. The van der Waals surface area contributed by atoms with Gasteiger partial charge in [0, 0.05) is 30.3 Å². The normalized spacial score (nSPS) is 23.7. The summed E-state index contributed by atoms with van der Waals surface area (Å²) in [5.74, 6) is 0.987. The highest BCUT2D eigenvalue weighted by Crippen LogP contribution is 2.40. The van der Waals surface area contributed by atoms with E-state index >= 15 is 0 Å². The van der Waals surface area contributed by atoms with E-state index in [1.165, 1.54) is 5.56 Å². The summed E-state index contributed by atoms with van der Waals surface area (Å²) in [5.41, 5.74) is 9.08. The SMILES string of the molecule is Cc1cc(CN(C)C)c(O)c(C2CC(CN)CN2C)c1. The molecule has 2 rings (SSSR count). The molecule has 112 valence electrons. The van der Waals surface area contributed by atoms with Crippen LogP contribution in [0, 0.1) is 12.8 Å². The summed E-state index contributed by atoms with van der Waals surface area (Å²) < 4.78 is 0. The standard InChI is InChI=1S/C16H27N3O/c1-11-5-13(10-18(2)3)16(20)14(6-11)15-7-12(8-17)9-19(15)4/h5-6,12,15,20H,7-10,17H2,1-4H3. The highest BCUT2D eigenvalue weighted by Gasteiger charge is 2.32. The van der Waals surface area contributed by atoms with Gasteiger partial charge >= 0.3 is 0 Å². The second kappa shape index (κ2) is 6.12. The second-order valence-corrected chi connectivity index (χ2v) is 6.39. The quantitative estimate of drug-likeness (QED) is 0.880. The van der Waals surface area contributed by atoms with Crippen LogP contribution in [0.4, 0.5) is 0 Å². The average Bonchev–Trinajstić information content (AvgIpc) is 2.74. The summed E-state index contributed by atoms with van der Waals surface area (Å²) in [4.78, 5) is 4.39. The van der Waals surface area contributed by atoms with Crippen molar-refractivity contribution >= 4 is 0 Å². The summed E-state index contributed by atoms with van der Waals surface area (Å²) in [5, 5.41) is 10.6. The summed E-state index contributed by atoms with van der Waals surface area (Å²) >= 11 is 0. The lowest BCUT2D eigenvalue weighted by Gasteiger charge is -2.23. The molecule has 1 saturated heterocycles. The fraction of sp³-hybridized carbons (Fsp3) is 0.625. The molecule has 1 aromatic carbocycles. The molecular weight excluding hydrogens is 250 g/mol. The average molecular weight is 277 g/mol. The van der Waals surface area contributed by atoms with Gasteiger partial charge in [-0.2, -0.15) is 0 Å². The van der Waals surface area contributed by atoms with E-state index < -0.39 is 0 Å². The van der Waals surface area contributed by atoms with Crippen molar-refractivity contribution in [3.05, 3.63) is 28.8 Å². The Hall–Kier alpha value is -1.10. The number of hydrogen-bond donors (Lipinski definition) is 2. The lowest BCUT2D eigenvalue weighted by Crippen LogP contribution is -2.21. The molecule has 0 amide bonds. The van der Waals surface area contributed by atoms with Gasteiger partial charge in [-0.05, 0) is 47.0 Å². The van der Waals surface area contributed by atoms with Gasteiger partial charge < -0.3 is 15.7 Å². The summed E-state index contributed by atoms with van der Waals surface area (Å²) in [6.07, 6.45) is 1.03. The molecule has 2 unspecified atom stereocenters. The topological polar surface area (TPSA) is 52.7 Å².